The number of hydrogen-bond donors (Lipinski definition) is 1. The van der Waals surface area contributed by atoms with Crippen LogP contribution in [0.3, 0.4) is 0 Å². The Bertz CT molecular complexity index is 80.9. The van der Waals surface area contributed by atoms with Gasteiger partial charge in [-0.1, -0.05) is 0 Å². The second kappa shape index (κ2) is 11.8. The molecule has 0 aliphatic carbocycles. The molecule has 0 saturated heterocycles. The Labute approximate surface area is 80.5 Å². The van der Waals surface area contributed by atoms with E-state index in [1.165, 1.54) is 0 Å². The van der Waals surface area contributed by atoms with Crippen LogP contribution in [0, 0.1) is 0 Å². The fraction of sp³-hybridized carbons (Fsp3) is 1.00. The van der Waals surface area contributed by atoms with E-state index in [0.717, 1.165) is 19.6 Å². The average molecular weight is 191 g/mol. The quantitative estimate of drug-likeness (QED) is 0.503. The van der Waals surface area contributed by atoms with Crippen molar-refractivity contribution in [2.45, 2.75) is 6.42 Å². The second-order valence-electron chi connectivity index (χ2n) is 2.67. The minimum Gasteiger partial charge on any atom is -0.382 e. The van der Waals surface area contributed by atoms with E-state index in [9.17, 15) is 0 Å². The predicted octanol–water partition coefficient (Wildman–Crippen LogP) is 0.276. The molecule has 4 nitrogen and oxygen atoms in total. The summed E-state index contributed by atoms with van der Waals surface area (Å²) in [7, 11) is 3.60. The molecule has 13 heavy (non-hydrogen) atoms. The molecular formula is C9H21NO3. The summed E-state index contributed by atoms with van der Waals surface area (Å²) in [5.74, 6) is 0. The van der Waals surface area contributed by atoms with E-state index in [4.69, 9.17) is 14.2 Å². The van der Waals surface area contributed by atoms with Crippen molar-refractivity contribution in [2.24, 2.45) is 0 Å². The highest BCUT2D eigenvalue weighted by atomic mass is 16.5. The Morgan fingerprint density at radius 3 is 2.15 bits per heavy atom. The van der Waals surface area contributed by atoms with Gasteiger partial charge in [0.2, 0.25) is 0 Å². The first-order valence-corrected chi connectivity index (χ1v) is 4.71. The van der Waals surface area contributed by atoms with Crippen LogP contribution >= 0.6 is 0 Å². The zero-order valence-corrected chi connectivity index (χ0v) is 8.67. The van der Waals surface area contributed by atoms with Crippen molar-refractivity contribution < 1.29 is 14.2 Å². The number of methoxy groups -OCH3 is 1. The second-order valence-corrected chi connectivity index (χ2v) is 2.67. The van der Waals surface area contributed by atoms with Gasteiger partial charge in [-0.2, -0.15) is 0 Å². The lowest BCUT2D eigenvalue weighted by Crippen LogP contribution is -2.13. The summed E-state index contributed by atoms with van der Waals surface area (Å²) in [6.45, 7) is 4.44. The Morgan fingerprint density at radius 2 is 1.54 bits per heavy atom. The maximum absolute atomic E-state index is 5.31. The largest absolute Gasteiger partial charge is 0.382 e. The van der Waals surface area contributed by atoms with Gasteiger partial charge in [-0.25, -0.2) is 0 Å². The van der Waals surface area contributed by atoms with Gasteiger partial charge in [0.15, 0.2) is 0 Å². The van der Waals surface area contributed by atoms with Gasteiger partial charge in [0.25, 0.3) is 0 Å². The van der Waals surface area contributed by atoms with Crippen LogP contribution in [0.5, 0.6) is 0 Å². The Balaban J connectivity index is 2.76. The maximum atomic E-state index is 5.31. The third kappa shape index (κ3) is 11.8. The molecule has 0 atom stereocenters. The SMILES string of the molecule is CNCCCOCCOCCOC. The van der Waals surface area contributed by atoms with Crippen LogP contribution in [0.4, 0.5) is 0 Å². The molecule has 0 heterocycles. The van der Waals surface area contributed by atoms with Crippen molar-refractivity contribution in [3.8, 4) is 0 Å². The molecule has 0 aromatic carbocycles. The monoisotopic (exact) mass is 191 g/mol. The van der Waals surface area contributed by atoms with Crippen LogP contribution in [-0.2, 0) is 14.2 Å². The van der Waals surface area contributed by atoms with Gasteiger partial charge < -0.3 is 19.5 Å². The number of rotatable bonds is 10. The summed E-state index contributed by atoms with van der Waals surface area (Å²) in [6, 6.07) is 0. The highest BCUT2D eigenvalue weighted by Gasteiger charge is 1.89. The Morgan fingerprint density at radius 1 is 0.923 bits per heavy atom. The number of nitrogens with one attached hydrogen (secondary N) is 1. The van der Waals surface area contributed by atoms with Gasteiger partial charge in [0.1, 0.15) is 0 Å². The number of ether oxygens (including phenoxy) is 3. The van der Waals surface area contributed by atoms with Crippen LogP contribution in [0.25, 0.3) is 0 Å². The fourth-order valence-corrected chi connectivity index (χ4v) is 0.815. The van der Waals surface area contributed by atoms with Crippen molar-refractivity contribution in [2.75, 3.05) is 53.7 Å². The summed E-state index contributed by atoms with van der Waals surface area (Å²) < 4.78 is 15.4. The van der Waals surface area contributed by atoms with E-state index in [-0.39, 0.29) is 0 Å². The molecule has 0 saturated carbocycles. The van der Waals surface area contributed by atoms with E-state index in [0.29, 0.717) is 26.4 Å². The molecule has 0 aromatic rings. The lowest BCUT2D eigenvalue weighted by molar-refractivity contribution is 0.0244. The molecule has 0 unspecified atom stereocenters. The van der Waals surface area contributed by atoms with Crippen LogP contribution in [-0.4, -0.2) is 53.7 Å². The minimum absolute atomic E-state index is 0.649. The van der Waals surface area contributed by atoms with Crippen molar-refractivity contribution in [3.05, 3.63) is 0 Å². The van der Waals surface area contributed by atoms with Gasteiger partial charge in [0.05, 0.1) is 26.4 Å². The normalized spacial score (nSPS) is 10.6. The van der Waals surface area contributed by atoms with Gasteiger partial charge in [-0.15, -0.1) is 0 Å². The molecule has 0 fully saturated rings. The minimum atomic E-state index is 0.649. The van der Waals surface area contributed by atoms with Crippen LogP contribution in [0.1, 0.15) is 6.42 Å². The molecule has 80 valence electrons. The molecule has 0 aromatic heterocycles. The number of hydrogen-bond acceptors (Lipinski definition) is 4. The van der Waals surface area contributed by atoms with Gasteiger partial charge in [-0.05, 0) is 20.0 Å². The zero-order chi connectivity index (χ0) is 9.78. The van der Waals surface area contributed by atoms with Crippen LogP contribution in [0.2, 0.25) is 0 Å². The maximum Gasteiger partial charge on any atom is 0.0701 e. The average Bonchev–Trinajstić information content (AvgIpc) is 2.16. The van der Waals surface area contributed by atoms with Gasteiger partial charge in [-0.3, -0.25) is 0 Å². The summed E-state index contributed by atoms with van der Waals surface area (Å²) in [6.07, 6.45) is 1.05. The molecule has 0 rings (SSSR count). The first kappa shape index (κ1) is 12.8. The summed E-state index contributed by atoms with van der Waals surface area (Å²) in [5.41, 5.74) is 0. The zero-order valence-electron chi connectivity index (χ0n) is 8.67. The van der Waals surface area contributed by atoms with E-state index < -0.39 is 0 Å². The predicted molar refractivity (Wildman–Crippen MR) is 52.1 cm³/mol. The summed E-state index contributed by atoms with van der Waals surface area (Å²) >= 11 is 0. The standard InChI is InChI=1S/C9H21NO3/c1-10-4-3-5-12-8-9-13-7-6-11-2/h10H,3-9H2,1-2H3. The van der Waals surface area contributed by atoms with Gasteiger partial charge >= 0.3 is 0 Å². The highest BCUT2D eigenvalue weighted by Crippen LogP contribution is 1.82. The first-order valence-electron chi connectivity index (χ1n) is 4.71. The van der Waals surface area contributed by atoms with Gasteiger partial charge in [0, 0.05) is 13.7 Å². The molecule has 0 bridgehead atoms. The molecule has 0 spiro atoms. The Kier molecular flexibility index (Phi) is 11.7. The molecule has 0 radical (unpaired) electrons. The summed E-state index contributed by atoms with van der Waals surface area (Å²) in [5, 5.41) is 3.06. The van der Waals surface area contributed by atoms with Crippen LogP contribution in [0.15, 0.2) is 0 Å². The fourth-order valence-electron chi connectivity index (χ4n) is 0.815. The lowest BCUT2D eigenvalue weighted by Gasteiger charge is -2.04. The van der Waals surface area contributed by atoms with E-state index >= 15 is 0 Å². The van der Waals surface area contributed by atoms with E-state index in [2.05, 4.69) is 5.32 Å². The summed E-state index contributed by atoms with van der Waals surface area (Å²) in [4.78, 5) is 0. The lowest BCUT2D eigenvalue weighted by atomic mass is 10.4. The molecular weight excluding hydrogens is 170 g/mol. The molecule has 4 heteroatoms. The molecule has 0 aliphatic rings. The first-order chi connectivity index (χ1) is 6.41. The van der Waals surface area contributed by atoms with Crippen molar-refractivity contribution in [1.29, 1.82) is 0 Å². The highest BCUT2D eigenvalue weighted by molar-refractivity contribution is 4.39. The van der Waals surface area contributed by atoms with Crippen molar-refractivity contribution in [1.82, 2.24) is 5.32 Å². The molecule has 1 N–H and O–H groups in total. The topological polar surface area (TPSA) is 39.7 Å². The van der Waals surface area contributed by atoms with Crippen molar-refractivity contribution in [3.63, 3.8) is 0 Å². The van der Waals surface area contributed by atoms with Crippen molar-refractivity contribution >= 4 is 0 Å². The van der Waals surface area contributed by atoms with E-state index in [1.807, 2.05) is 7.05 Å². The Hall–Kier alpha value is -0.160. The van der Waals surface area contributed by atoms with Crippen LogP contribution < -0.4 is 5.32 Å². The van der Waals surface area contributed by atoms with E-state index in [1.54, 1.807) is 7.11 Å². The third-order valence-electron chi connectivity index (χ3n) is 1.52. The molecule has 0 aliphatic heterocycles. The smallest absolute Gasteiger partial charge is 0.0701 e. The molecule has 0 amide bonds. The third-order valence-corrected chi connectivity index (χ3v) is 1.52.